The van der Waals surface area contributed by atoms with Gasteiger partial charge in [0.25, 0.3) is 0 Å². The monoisotopic (exact) mass is 423 g/mol. The molecule has 0 aliphatic carbocycles. The summed E-state index contributed by atoms with van der Waals surface area (Å²) in [5.74, 6) is 0.967. The van der Waals surface area contributed by atoms with Crippen LogP contribution in [0.1, 0.15) is 12.0 Å². The lowest BCUT2D eigenvalue weighted by Gasteiger charge is -2.22. The molecule has 1 saturated heterocycles. The molecule has 28 heavy (non-hydrogen) atoms. The molecule has 2 aromatic rings. The van der Waals surface area contributed by atoms with E-state index in [-0.39, 0.29) is 42.4 Å². The van der Waals surface area contributed by atoms with Crippen molar-refractivity contribution in [3.8, 4) is 0 Å². The first-order valence-electron chi connectivity index (χ1n) is 8.84. The maximum absolute atomic E-state index is 14.0. The molecular formula is C20H23ClFN3O2S. The first kappa shape index (κ1) is 22.2. The number of rotatable bonds is 6. The van der Waals surface area contributed by atoms with E-state index in [9.17, 15) is 14.0 Å². The van der Waals surface area contributed by atoms with Crippen LogP contribution in [0.2, 0.25) is 0 Å². The number of hydrogen-bond donors (Lipinski definition) is 3. The van der Waals surface area contributed by atoms with E-state index in [2.05, 4.69) is 16.0 Å². The summed E-state index contributed by atoms with van der Waals surface area (Å²) < 4.78 is 14.0. The van der Waals surface area contributed by atoms with Crippen molar-refractivity contribution >= 4 is 47.4 Å². The van der Waals surface area contributed by atoms with E-state index in [0.29, 0.717) is 12.1 Å². The second kappa shape index (κ2) is 11.0. The molecule has 150 valence electrons. The van der Waals surface area contributed by atoms with Crippen LogP contribution in [0.15, 0.2) is 48.5 Å². The molecule has 1 heterocycles. The molecule has 2 aromatic carbocycles. The van der Waals surface area contributed by atoms with Crippen LogP contribution in [0, 0.1) is 5.82 Å². The zero-order valence-electron chi connectivity index (χ0n) is 15.2. The van der Waals surface area contributed by atoms with Gasteiger partial charge < -0.3 is 16.0 Å². The summed E-state index contributed by atoms with van der Waals surface area (Å²) >= 11 is 1.82. The van der Waals surface area contributed by atoms with Crippen LogP contribution in [-0.4, -0.2) is 35.9 Å². The maximum atomic E-state index is 14.0. The Bertz CT molecular complexity index is 801. The van der Waals surface area contributed by atoms with Gasteiger partial charge in [-0.2, -0.15) is 11.8 Å². The van der Waals surface area contributed by atoms with Crippen LogP contribution < -0.4 is 16.0 Å². The predicted molar refractivity (Wildman–Crippen MR) is 115 cm³/mol. The van der Waals surface area contributed by atoms with Crippen molar-refractivity contribution in [3.63, 3.8) is 0 Å². The maximum Gasteiger partial charge on any atom is 0.228 e. The third-order valence-corrected chi connectivity index (χ3v) is 5.29. The van der Waals surface area contributed by atoms with Crippen LogP contribution >= 0.6 is 24.2 Å². The van der Waals surface area contributed by atoms with Gasteiger partial charge in [-0.15, -0.1) is 12.4 Å². The molecule has 8 heteroatoms. The number of amides is 2. The summed E-state index contributed by atoms with van der Waals surface area (Å²) in [6.45, 7) is 0.900. The average Bonchev–Trinajstić information content (AvgIpc) is 2.66. The molecular weight excluding hydrogens is 401 g/mol. The third-order valence-electron chi connectivity index (χ3n) is 4.16. The molecule has 0 saturated carbocycles. The van der Waals surface area contributed by atoms with Crippen molar-refractivity contribution < 1.29 is 14.0 Å². The lowest BCUT2D eigenvalue weighted by Crippen LogP contribution is -2.39. The number of thioether (sulfide) groups is 1. The Kier molecular flexibility index (Phi) is 8.76. The number of benzene rings is 2. The molecule has 1 atom stereocenters. The largest absolute Gasteiger partial charge is 0.326 e. The Hall–Kier alpha value is -2.09. The number of carbonyl (C=O) groups is 2. The fourth-order valence-corrected chi connectivity index (χ4v) is 3.81. The van der Waals surface area contributed by atoms with Gasteiger partial charge in [-0.1, -0.05) is 30.3 Å². The van der Waals surface area contributed by atoms with E-state index in [0.717, 1.165) is 23.6 Å². The minimum Gasteiger partial charge on any atom is -0.326 e. The van der Waals surface area contributed by atoms with Crippen LogP contribution in [-0.2, 0) is 16.0 Å². The van der Waals surface area contributed by atoms with Crippen molar-refractivity contribution in [1.82, 2.24) is 5.32 Å². The van der Waals surface area contributed by atoms with Gasteiger partial charge in [0.1, 0.15) is 5.82 Å². The molecule has 0 bridgehead atoms. The minimum absolute atomic E-state index is 0. The van der Waals surface area contributed by atoms with Crippen LogP contribution in [0.4, 0.5) is 15.8 Å². The second-order valence-corrected chi connectivity index (χ2v) is 7.53. The standard InChI is InChI=1S/C20H22FN3O2S.ClH/c21-17-7-6-15(23-20(26)12-16-13-27-9-8-22-16)11-18(17)24-19(25)10-14-4-2-1-3-5-14;/h1-7,11,16,22H,8-10,12-13H2,(H,23,26)(H,24,25);1H. The number of hydrogen-bond acceptors (Lipinski definition) is 4. The van der Waals surface area contributed by atoms with Crippen LogP contribution in [0.3, 0.4) is 0 Å². The Morgan fingerprint density at radius 2 is 1.89 bits per heavy atom. The summed E-state index contributed by atoms with van der Waals surface area (Å²) in [5, 5.41) is 8.65. The molecule has 0 aromatic heterocycles. The molecule has 0 radical (unpaired) electrons. The summed E-state index contributed by atoms with van der Waals surface area (Å²) in [7, 11) is 0. The number of anilines is 2. The smallest absolute Gasteiger partial charge is 0.228 e. The fourth-order valence-electron chi connectivity index (χ4n) is 2.86. The quantitative estimate of drug-likeness (QED) is 0.665. The van der Waals surface area contributed by atoms with Crippen molar-refractivity contribution in [1.29, 1.82) is 0 Å². The predicted octanol–water partition coefficient (Wildman–Crippen LogP) is 3.46. The van der Waals surface area contributed by atoms with Gasteiger partial charge in [-0.3, -0.25) is 9.59 Å². The van der Waals surface area contributed by atoms with Crippen molar-refractivity contribution in [2.75, 3.05) is 28.7 Å². The normalized spacial score (nSPS) is 16.0. The summed E-state index contributed by atoms with van der Waals surface area (Å²) in [4.78, 5) is 24.4. The number of carbonyl (C=O) groups excluding carboxylic acids is 2. The van der Waals surface area contributed by atoms with Gasteiger partial charge >= 0.3 is 0 Å². The van der Waals surface area contributed by atoms with Gasteiger partial charge in [0.15, 0.2) is 0 Å². The molecule has 0 spiro atoms. The molecule has 1 fully saturated rings. The molecule has 2 amide bonds. The van der Waals surface area contributed by atoms with E-state index in [4.69, 9.17) is 0 Å². The van der Waals surface area contributed by atoms with E-state index in [1.807, 2.05) is 42.1 Å². The first-order chi connectivity index (χ1) is 13.1. The van der Waals surface area contributed by atoms with Gasteiger partial charge in [0.05, 0.1) is 12.1 Å². The lowest BCUT2D eigenvalue weighted by atomic mass is 10.1. The third kappa shape index (κ3) is 6.82. The molecule has 1 aliphatic rings. The highest BCUT2D eigenvalue weighted by molar-refractivity contribution is 7.99. The van der Waals surface area contributed by atoms with E-state index >= 15 is 0 Å². The molecule has 1 unspecified atom stereocenters. The summed E-state index contributed by atoms with van der Waals surface area (Å²) in [6, 6.07) is 13.6. The molecule has 5 nitrogen and oxygen atoms in total. The second-order valence-electron chi connectivity index (χ2n) is 6.38. The number of halogens is 2. The Morgan fingerprint density at radius 3 is 2.61 bits per heavy atom. The first-order valence-corrected chi connectivity index (χ1v) is 10.00. The molecule has 3 rings (SSSR count). The zero-order valence-corrected chi connectivity index (χ0v) is 16.9. The molecule has 1 aliphatic heterocycles. The summed E-state index contributed by atoms with van der Waals surface area (Å²) in [6.07, 6.45) is 0.516. The van der Waals surface area contributed by atoms with E-state index < -0.39 is 5.82 Å². The highest BCUT2D eigenvalue weighted by atomic mass is 35.5. The summed E-state index contributed by atoms with van der Waals surface area (Å²) in [5.41, 5.74) is 1.36. The van der Waals surface area contributed by atoms with Crippen LogP contribution in [0.25, 0.3) is 0 Å². The van der Waals surface area contributed by atoms with Gasteiger partial charge in [0, 0.05) is 36.2 Å². The van der Waals surface area contributed by atoms with Crippen molar-refractivity contribution in [2.45, 2.75) is 18.9 Å². The fraction of sp³-hybridized carbons (Fsp3) is 0.300. The van der Waals surface area contributed by atoms with Gasteiger partial charge in [-0.05, 0) is 23.8 Å². The topological polar surface area (TPSA) is 70.2 Å². The zero-order chi connectivity index (χ0) is 19.1. The van der Waals surface area contributed by atoms with Gasteiger partial charge in [-0.25, -0.2) is 4.39 Å². The highest BCUT2D eigenvalue weighted by Gasteiger charge is 2.17. The Balaban J connectivity index is 0.00000280. The average molecular weight is 424 g/mol. The van der Waals surface area contributed by atoms with Crippen molar-refractivity contribution in [3.05, 3.63) is 59.9 Å². The Labute approximate surface area is 174 Å². The number of nitrogens with one attached hydrogen (secondary N) is 3. The van der Waals surface area contributed by atoms with Gasteiger partial charge in [0.2, 0.25) is 11.8 Å². The van der Waals surface area contributed by atoms with E-state index in [1.54, 1.807) is 0 Å². The Morgan fingerprint density at radius 1 is 1.11 bits per heavy atom. The van der Waals surface area contributed by atoms with Crippen LogP contribution in [0.5, 0.6) is 0 Å². The SMILES string of the molecule is Cl.O=C(CC1CSCCN1)Nc1ccc(F)c(NC(=O)Cc2ccccc2)c1. The molecule has 3 N–H and O–H groups in total. The van der Waals surface area contributed by atoms with E-state index in [1.165, 1.54) is 18.2 Å². The highest BCUT2D eigenvalue weighted by Crippen LogP contribution is 2.21. The lowest BCUT2D eigenvalue weighted by molar-refractivity contribution is -0.117. The van der Waals surface area contributed by atoms with Crippen molar-refractivity contribution in [2.24, 2.45) is 0 Å². The minimum atomic E-state index is -0.542.